The Bertz CT molecular complexity index is 746. The third-order valence-corrected chi connectivity index (χ3v) is 5.73. The van der Waals surface area contributed by atoms with Gasteiger partial charge in [-0.15, -0.1) is 0 Å². The number of rotatable bonds is 6. The highest BCUT2D eigenvalue weighted by Crippen LogP contribution is 2.57. The van der Waals surface area contributed by atoms with Gasteiger partial charge in [0.2, 0.25) is 5.91 Å². The van der Waals surface area contributed by atoms with Crippen molar-refractivity contribution < 1.29 is 18.4 Å². The summed E-state index contributed by atoms with van der Waals surface area (Å²) in [5.74, 6) is 1.64. The van der Waals surface area contributed by atoms with Gasteiger partial charge < -0.3 is 18.9 Å². The Morgan fingerprint density at radius 3 is 2.96 bits per heavy atom. The summed E-state index contributed by atoms with van der Waals surface area (Å²) in [6.07, 6.45) is 6.53. The molecule has 0 saturated heterocycles. The Hall–Kier alpha value is -2.08. The number of carbonyl (C=O) groups excluding carboxylic acids is 1. The van der Waals surface area contributed by atoms with Gasteiger partial charge in [0.25, 0.3) is 5.89 Å². The normalized spacial score (nSPS) is 23.9. The van der Waals surface area contributed by atoms with Crippen molar-refractivity contribution in [1.82, 2.24) is 10.3 Å². The predicted octanol–water partition coefficient (Wildman–Crippen LogP) is 3.25. The maximum absolute atomic E-state index is 12.5. The zero-order chi connectivity index (χ0) is 17.4. The Balaban J connectivity index is 1.39. The average Bonchev–Trinajstić information content (AvgIpc) is 3.15. The van der Waals surface area contributed by atoms with Crippen molar-refractivity contribution in [3.63, 3.8) is 0 Å². The van der Waals surface area contributed by atoms with Crippen LogP contribution in [-0.4, -0.2) is 29.6 Å². The lowest BCUT2D eigenvalue weighted by Crippen LogP contribution is -2.67. The topological polar surface area (TPSA) is 77.5 Å². The summed E-state index contributed by atoms with van der Waals surface area (Å²) < 4.78 is 16.8. The fourth-order valence-electron chi connectivity index (χ4n) is 4.14. The van der Waals surface area contributed by atoms with Crippen molar-refractivity contribution in [2.45, 2.75) is 58.1 Å². The molecule has 2 aromatic heterocycles. The number of hydrogen-bond donors (Lipinski definition) is 1. The van der Waals surface area contributed by atoms with Crippen LogP contribution in [0.1, 0.15) is 44.1 Å². The van der Waals surface area contributed by atoms with Crippen LogP contribution in [0.2, 0.25) is 0 Å². The summed E-state index contributed by atoms with van der Waals surface area (Å²) in [6.45, 7) is 4.59. The number of hydrogen-bond acceptors (Lipinski definition) is 5. The largest absolute Gasteiger partial charge is 0.459 e. The third kappa shape index (κ3) is 2.78. The molecule has 1 amide bonds. The second-order valence-corrected chi connectivity index (χ2v) is 7.06. The van der Waals surface area contributed by atoms with E-state index in [9.17, 15) is 4.79 Å². The fraction of sp³-hybridized carbons (Fsp3) is 0.579. The molecule has 2 saturated carbocycles. The zero-order valence-corrected chi connectivity index (χ0v) is 14.7. The molecule has 6 nitrogen and oxygen atoms in total. The van der Waals surface area contributed by atoms with Gasteiger partial charge in [-0.3, -0.25) is 4.79 Å². The summed E-state index contributed by atoms with van der Waals surface area (Å²) in [5.41, 5.74) is 0.830. The standard InChI is InChI=1S/C19H24N2O4/c1-3-23-16-11-15(19(16)7-5-8-19)21-17(22)10-13-12(2)25-18(20-13)14-6-4-9-24-14/h4,6,9,15-16H,3,5,7-8,10-11H2,1-2H3,(H,21,22). The number of ether oxygens (including phenoxy) is 1. The van der Waals surface area contributed by atoms with Crippen LogP contribution >= 0.6 is 0 Å². The Kier molecular flexibility index (Phi) is 4.15. The van der Waals surface area contributed by atoms with Gasteiger partial charge in [0.1, 0.15) is 5.76 Å². The van der Waals surface area contributed by atoms with Gasteiger partial charge in [0.15, 0.2) is 5.76 Å². The van der Waals surface area contributed by atoms with E-state index in [4.69, 9.17) is 13.6 Å². The molecule has 6 heteroatoms. The Morgan fingerprint density at radius 1 is 1.48 bits per heavy atom. The van der Waals surface area contributed by atoms with Crippen LogP contribution < -0.4 is 5.32 Å². The molecule has 0 radical (unpaired) electrons. The smallest absolute Gasteiger partial charge is 0.263 e. The first kappa shape index (κ1) is 16.4. The van der Waals surface area contributed by atoms with E-state index in [1.807, 2.05) is 13.8 Å². The molecule has 2 aromatic rings. The van der Waals surface area contributed by atoms with E-state index in [1.165, 1.54) is 6.42 Å². The van der Waals surface area contributed by atoms with Crippen molar-refractivity contribution in [2.75, 3.05) is 6.61 Å². The summed E-state index contributed by atoms with van der Waals surface area (Å²) >= 11 is 0. The number of aryl methyl sites for hydroxylation is 1. The molecule has 1 spiro atoms. The second-order valence-electron chi connectivity index (χ2n) is 7.06. The third-order valence-electron chi connectivity index (χ3n) is 5.73. The quantitative estimate of drug-likeness (QED) is 0.870. The van der Waals surface area contributed by atoms with E-state index in [0.29, 0.717) is 29.2 Å². The van der Waals surface area contributed by atoms with Crippen LogP contribution in [0.3, 0.4) is 0 Å². The number of carbonyl (C=O) groups is 1. The number of nitrogens with one attached hydrogen (secondary N) is 1. The average molecular weight is 344 g/mol. The van der Waals surface area contributed by atoms with E-state index in [1.54, 1.807) is 18.4 Å². The van der Waals surface area contributed by atoms with Crippen LogP contribution in [-0.2, 0) is 16.0 Å². The number of aromatic nitrogens is 1. The van der Waals surface area contributed by atoms with Gasteiger partial charge in [-0.2, -0.15) is 0 Å². The molecule has 0 aromatic carbocycles. The van der Waals surface area contributed by atoms with E-state index >= 15 is 0 Å². The van der Waals surface area contributed by atoms with Gasteiger partial charge in [-0.25, -0.2) is 4.98 Å². The maximum Gasteiger partial charge on any atom is 0.263 e. The van der Waals surface area contributed by atoms with Crippen molar-refractivity contribution >= 4 is 5.91 Å². The van der Waals surface area contributed by atoms with Crippen LogP contribution in [0.4, 0.5) is 0 Å². The number of amides is 1. The van der Waals surface area contributed by atoms with Crippen LogP contribution in [0.15, 0.2) is 27.2 Å². The summed E-state index contributed by atoms with van der Waals surface area (Å²) in [5, 5.41) is 3.19. The summed E-state index contributed by atoms with van der Waals surface area (Å²) in [4.78, 5) is 16.9. The lowest BCUT2D eigenvalue weighted by molar-refractivity contribution is -0.175. The zero-order valence-electron chi connectivity index (χ0n) is 14.7. The molecule has 134 valence electrons. The van der Waals surface area contributed by atoms with Crippen molar-refractivity contribution in [3.05, 3.63) is 29.9 Å². The molecule has 2 atom stereocenters. The number of oxazole rings is 1. The van der Waals surface area contributed by atoms with Crippen LogP contribution in [0, 0.1) is 12.3 Å². The fourth-order valence-corrected chi connectivity index (χ4v) is 4.14. The minimum absolute atomic E-state index is 0.00591. The maximum atomic E-state index is 12.5. The molecule has 25 heavy (non-hydrogen) atoms. The molecule has 2 fully saturated rings. The Labute approximate surface area is 146 Å². The first-order valence-electron chi connectivity index (χ1n) is 9.03. The molecular formula is C19H24N2O4. The van der Waals surface area contributed by atoms with Crippen molar-refractivity contribution in [2.24, 2.45) is 5.41 Å². The molecule has 2 heterocycles. The van der Waals surface area contributed by atoms with Crippen LogP contribution in [0.5, 0.6) is 0 Å². The van der Waals surface area contributed by atoms with Gasteiger partial charge in [-0.1, -0.05) is 6.42 Å². The predicted molar refractivity (Wildman–Crippen MR) is 90.9 cm³/mol. The molecule has 4 rings (SSSR count). The molecule has 2 unspecified atom stereocenters. The highest BCUT2D eigenvalue weighted by atomic mass is 16.5. The minimum atomic E-state index is -0.00591. The van der Waals surface area contributed by atoms with E-state index < -0.39 is 0 Å². The number of furan rings is 1. The van der Waals surface area contributed by atoms with Gasteiger partial charge in [0.05, 0.1) is 24.5 Å². The summed E-state index contributed by atoms with van der Waals surface area (Å²) in [7, 11) is 0. The highest BCUT2D eigenvalue weighted by molar-refractivity contribution is 5.79. The van der Waals surface area contributed by atoms with E-state index in [2.05, 4.69) is 10.3 Å². The van der Waals surface area contributed by atoms with E-state index in [-0.39, 0.29) is 23.8 Å². The highest BCUT2D eigenvalue weighted by Gasteiger charge is 2.59. The lowest BCUT2D eigenvalue weighted by atomic mass is 9.51. The molecular weight excluding hydrogens is 320 g/mol. The molecule has 1 N–H and O–H groups in total. The SMILES string of the molecule is CCOC1CC(NC(=O)Cc2nc(-c3ccco3)oc2C)C12CCC2. The first-order valence-corrected chi connectivity index (χ1v) is 9.03. The van der Waals surface area contributed by atoms with E-state index in [0.717, 1.165) is 25.9 Å². The number of nitrogens with zero attached hydrogens (tertiary/aromatic N) is 1. The Morgan fingerprint density at radius 2 is 2.32 bits per heavy atom. The van der Waals surface area contributed by atoms with Gasteiger partial charge in [0, 0.05) is 18.1 Å². The summed E-state index contributed by atoms with van der Waals surface area (Å²) in [6, 6.07) is 3.80. The second kappa shape index (κ2) is 6.33. The van der Waals surface area contributed by atoms with Crippen molar-refractivity contribution in [1.29, 1.82) is 0 Å². The molecule has 2 aliphatic rings. The molecule has 2 aliphatic carbocycles. The lowest BCUT2D eigenvalue weighted by Gasteiger charge is -2.61. The van der Waals surface area contributed by atoms with Gasteiger partial charge >= 0.3 is 0 Å². The monoisotopic (exact) mass is 344 g/mol. The minimum Gasteiger partial charge on any atom is -0.459 e. The van der Waals surface area contributed by atoms with Crippen molar-refractivity contribution in [3.8, 4) is 11.7 Å². The van der Waals surface area contributed by atoms with Crippen LogP contribution in [0.25, 0.3) is 11.7 Å². The van der Waals surface area contributed by atoms with Gasteiger partial charge in [-0.05, 0) is 45.2 Å². The first-order chi connectivity index (χ1) is 12.1. The molecule has 0 bridgehead atoms. The molecule has 0 aliphatic heterocycles.